The van der Waals surface area contributed by atoms with Crippen LogP contribution in [-0.4, -0.2) is 43.9 Å². The van der Waals surface area contributed by atoms with Crippen molar-refractivity contribution in [3.63, 3.8) is 0 Å². The third-order valence-corrected chi connectivity index (χ3v) is 2.77. The predicted octanol–water partition coefficient (Wildman–Crippen LogP) is 0.768. The molecule has 1 aliphatic heterocycles. The molecule has 0 saturated carbocycles. The van der Waals surface area contributed by atoms with Gasteiger partial charge in [0.1, 0.15) is 5.82 Å². The van der Waals surface area contributed by atoms with E-state index in [4.69, 9.17) is 9.47 Å². The topological polar surface area (TPSA) is 51.7 Å². The van der Waals surface area contributed by atoms with E-state index in [1.807, 2.05) is 30.0 Å². The first-order valence-electron chi connectivity index (χ1n) is 5.58. The number of carbonyl (C=O) groups is 1. The maximum absolute atomic E-state index is 11.7. The Kier molecular flexibility index (Phi) is 3.58. The van der Waals surface area contributed by atoms with Crippen LogP contribution in [0, 0.1) is 6.92 Å². The predicted molar refractivity (Wildman–Crippen MR) is 62.9 cm³/mol. The van der Waals surface area contributed by atoms with Crippen LogP contribution in [0.1, 0.15) is 5.69 Å². The Labute approximate surface area is 100 Å². The quantitative estimate of drug-likeness (QED) is 0.710. The summed E-state index contributed by atoms with van der Waals surface area (Å²) in [5.74, 6) is 0.511. The van der Waals surface area contributed by atoms with E-state index in [2.05, 4.69) is 4.98 Å². The number of carbonyl (C=O) groups excluding carboxylic acids is 1. The Bertz CT molecular complexity index is 408. The average Bonchev–Trinajstić information content (AvgIpc) is 2.38. The first-order valence-corrected chi connectivity index (χ1v) is 5.58. The highest BCUT2D eigenvalue weighted by Crippen LogP contribution is 2.18. The minimum atomic E-state index is -0.400. The molecule has 92 valence electrons. The van der Waals surface area contributed by atoms with Gasteiger partial charge in [0.15, 0.2) is 6.04 Å². The van der Waals surface area contributed by atoms with Crippen LogP contribution >= 0.6 is 0 Å². The van der Waals surface area contributed by atoms with Gasteiger partial charge in [-0.1, -0.05) is 6.07 Å². The Morgan fingerprint density at radius 2 is 2.41 bits per heavy atom. The molecule has 0 spiro atoms. The fraction of sp³-hybridized carbons (Fsp3) is 0.500. The summed E-state index contributed by atoms with van der Waals surface area (Å²) in [4.78, 5) is 18.0. The second-order valence-corrected chi connectivity index (χ2v) is 3.94. The van der Waals surface area contributed by atoms with Crippen molar-refractivity contribution in [2.24, 2.45) is 0 Å². The van der Waals surface area contributed by atoms with Gasteiger partial charge in [-0.2, -0.15) is 0 Å². The number of hydrogen-bond acceptors (Lipinski definition) is 5. The third kappa shape index (κ3) is 2.55. The van der Waals surface area contributed by atoms with Crippen molar-refractivity contribution in [1.82, 2.24) is 4.98 Å². The number of ether oxygens (including phenoxy) is 2. The molecule has 0 amide bonds. The molecule has 0 N–H and O–H groups in total. The minimum Gasteiger partial charge on any atom is -0.467 e. The van der Waals surface area contributed by atoms with E-state index in [0.717, 1.165) is 11.5 Å². The monoisotopic (exact) mass is 236 g/mol. The maximum Gasteiger partial charge on any atom is 0.330 e. The highest BCUT2D eigenvalue weighted by molar-refractivity contribution is 5.80. The molecule has 1 saturated heterocycles. The van der Waals surface area contributed by atoms with Gasteiger partial charge >= 0.3 is 5.97 Å². The lowest BCUT2D eigenvalue weighted by Crippen LogP contribution is -2.51. The molecule has 1 aromatic rings. The molecule has 1 aromatic heterocycles. The van der Waals surface area contributed by atoms with E-state index < -0.39 is 6.04 Å². The smallest absolute Gasteiger partial charge is 0.330 e. The number of morpholine rings is 1. The van der Waals surface area contributed by atoms with Crippen LogP contribution in [0.2, 0.25) is 0 Å². The second kappa shape index (κ2) is 5.14. The highest BCUT2D eigenvalue weighted by Gasteiger charge is 2.31. The van der Waals surface area contributed by atoms with Crippen LogP contribution in [0.5, 0.6) is 0 Å². The molecule has 1 fully saturated rings. The lowest BCUT2D eigenvalue weighted by molar-refractivity contribution is -0.144. The van der Waals surface area contributed by atoms with Crippen molar-refractivity contribution in [3.05, 3.63) is 23.9 Å². The van der Waals surface area contributed by atoms with Gasteiger partial charge in [-0.15, -0.1) is 0 Å². The Morgan fingerprint density at radius 1 is 1.59 bits per heavy atom. The van der Waals surface area contributed by atoms with Gasteiger partial charge in [-0.25, -0.2) is 9.78 Å². The zero-order chi connectivity index (χ0) is 12.3. The summed E-state index contributed by atoms with van der Waals surface area (Å²) < 4.78 is 10.1. The van der Waals surface area contributed by atoms with Gasteiger partial charge in [0.2, 0.25) is 0 Å². The highest BCUT2D eigenvalue weighted by atomic mass is 16.5. The van der Waals surface area contributed by atoms with Crippen LogP contribution in [-0.2, 0) is 14.3 Å². The van der Waals surface area contributed by atoms with E-state index in [1.165, 1.54) is 7.11 Å². The van der Waals surface area contributed by atoms with Crippen LogP contribution in [0.15, 0.2) is 18.2 Å². The van der Waals surface area contributed by atoms with E-state index in [9.17, 15) is 4.79 Å². The summed E-state index contributed by atoms with van der Waals surface area (Å²) in [6, 6.07) is 5.36. The summed E-state index contributed by atoms with van der Waals surface area (Å²) in [5, 5.41) is 0. The fourth-order valence-electron chi connectivity index (χ4n) is 1.90. The first-order chi connectivity index (χ1) is 8.22. The van der Waals surface area contributed by atoms with Crippen molar-refractivity contribution < 1.29 is 14.3 Å². The SMILES string of the molecule is COC(=O)C1COCCN1c1cccc(C)n1. The number of aromatic nitrogens is 1. The summed E-state index contributed by atoms with van der Waals surface area (Å²) >= 11 is 0. The number of anilines is 1. The normalized spacial score (nSPS) is 20.1. The maximum atomic E-state index is 11.7. The van der Waals surface area contributed by atoms with E-state index >= 15 is 0 Å². The van der Waals surface area contributed by atoms with Gasteiger partial charge in [-0.3, -0.25) is 0 Å². The third-order valence-electron chi connectivity index (χ3n) is 2.77. The standard InChI is InChI=1S/C12H16N2O3/c1-9-4-3-5-11(13-9)14-6-7-17-8-10(14)12(15)16-2/h3-5,10H,6-8H2,1-2H3. The van der Waals surface area contributed by atoms with Crippen LogP contribution in [0.3, 0.4) is 0 Å². The fourth-order valence-corrected chi connectivity index (χ4v) is 1.90. The van der Waals surface area contributed by atoms with E-state index in [-0.39, 0.29) is 5.97 Å². The Morgan fingerprint density at radius 3 is 3.12 bits per heavy atom. The van der Waals surface area contributed by atoms with Crippen LogP contribution in [0.4, 0.5) is 5.82 Å². The molecule has 0 aliphatic carbocycles. The van der Waals surface area contributed by atoms with E-state index in [1.54, 1.807) is 0 Å². The molecule has 1 aliphatic rings. The van der Waals surface area contributed by atoms with Gasteiger partial charge in [0, 0.05) is 12.2 Å². The van der Waals surface area contributed by atoms with Crippen molar-refractivity contribution in [2.45, 2.75) is 13.0 Å². The van der Waals surface area contributed by atoms with Crippen molar-refractivity contribution in [3.8, 4) is 0 Å². The largest absolute Gasteiger partial charge is 0.467 e. The summed E-state index contributed by atoms with van der Waals surface area (Å²) in [6.07, 6.45) is 0. The number of pyridine rings is 1. The van der Waals surface area contributed by atoms with Crippen LogP contribution < -0.4 is 4.90 Å². The summed E-state index contributed by atoms with van der Waals surface area (Å²) in [6.45, 7) is 3.53. The second-order valence-electron chi connectivity index (χ2n) is 3.94. The number of methoxy groups -OCH3 is 1. The van der Waals surface area contributed by atoms with E-state index in [0.29, 0.717) is 19.8 Å². The number of aryl methyl sites for hydroxylation is 1. The number of rotatable bonds is 2. The lowest BCUT2D eigenvalue weighted by Gasteiger charge is -2.34. The number of hydrogen-bond donors (Lipinski definition) is 0. The van der Waals surface area contributed by atoms with Gasteiger partial charge in [0.25, 0.3) is 0 Å². The zero-order valence-corrected chi connectivity index (χ0v) is 10.0. The number of nitrogens with zero attached hydrogens (tertiary/aromatic N) is 2. The molecule has 0 radical (unpaired) electrons. The lowest BCUT2D eigenvalue weighted by atomic mass is 10.2. The average molecular weight is 236 g/mol. The molecule has 1 unspecified atom stereocenters. The van der Waals surface area contributed by atoms with Crippen LogP contribution in [0.25, 0.3) is 0 Å². The van der Waals surface area contributed by atoms with Gasteiger partial charge in [-0.05, 0) is 19.1 Å². The van der Waals surface area contributed by atoms with Gasteiger partial charge < -0.3 is 14.4 Å². The minimum absolute atomic E-state index is 0.284. The molecule has 1 atom stereocenters. The summed E-state index contributed by atoms with van der Waals surface area (Å²) in [5.41, 5.74) is 0.928. The molecular weight excluding hydrogens is 220 g/mol. The molecule has 5 nitrogen and oxygen atoms in total. The molecule has 17 heavy (non-hydrogen) atoms. The Hall–Kier alpha value is -1.62. The van der Waals surface area contributed by atoms with Crippen molar-refractivity contribution >= 4 is 11.8 Å². The van der Waals surface area contributed by atoms with Crippen molar-refractivity contribution in [2.75, 3.05) is 31.8 Å². The first kappa shape index (κ1) is 11.9. The van der Waals surface area contributed by atoms with Gasteiger partial charge in [0.05, 0.1) is 20.3 Å². The van der Waals surface area contributed by atoms with Crippen molar-refractivity contribution in [1.29, 1.82) is 0 Å². The molecule has 0 bridgehead atoms. The molecule has 0 aromatic carbocycles. The molecule has 2 heterocycles. The molecule has 5 heteroatoms. The molecular formula is C12H16N2O3. The summed E-state index contributed by atoms with van der Waals surface area (Å²) in [7, 11) is 1.39. The Balaban J connectivity index is 2.24. The zero-order valence-electron chi connectivity index (χ0n) is 10.0. The number of esters is 1. The molecule has 2 rings (SSSR count).